The van der Waals surface area contributed by atoms with Gasteiger partial charge in [-0.3, -0.25) is 19.2 Å². The molecule has 1 aliphatic heterocycles. The monoisotopic (exact) mass is 521 g/mol. The molecule has 0 saturated carbocycles. The van der Waals surface area contributed by atoms with Crippen LogP contribution in [-0.4, -0.2) is 74.9 Å². The summed E-state index contributed by atoms with van der Waals surface area (Å²) in [5.74, 6) is 1.21. The molecule has 0 radical (unpaired) electrons. The van der Waals surface area contributed by atoms with Crippen molar-refractivity contribution in [1.82, 2.24) is 34.9 Å². The third-order valence-electron chi connectivity index (χ3n) is 5.85. The molecule has 0 spiro atoms. The molecule has 1 amide bonds. The van der Waals surface area contributed by atoms with Gasteiger partial charge in [0.15, 0.2) is 11.0 Å². The van der Waals surface area contributed by atoms with Crippen molar-refractivity contribution in [3.8, 4) is 17.1 Å². The molecule has 36 heavy (non-hydrogen) atoms. The highest BCUT2D eigenvalue weighted by molar-refractivity contribution is 7.98. The smallest absolute Gasteiger partial charge is 0.270 e. The number of hydrogen-bond acceptors (Lipinski definition) is 9. The van der Waals surface area contributed by atoms with Gasteiger partial charge in [0, 0.05) is 49.5 Å². The van der Waals surface area contributed by atoms with Crippen molar-refractivity contribution in [3.63, 3.8) is 0 Å². The predicted molar refractivity (Wildman–Crippen MR) is 141 cm³/mol. The van der Waals surface area contributed by atoms with Crippen LogP contribution in [0.4, 0.5) is 0 Å². The molecule has 0 atom stereocenters. The summed E-state index contributed by atoms with van der Waals surface area (Å²) >= 11 is 3.03. The van der Waals surface area contributed by atoms with Crippen molar-refractivity contribution in [1.29, 1.82) is 0 Å². The van der Waals surface area contributed by atoms with Crippen LogP contribution in [0.1, 0.15) is 21.1 Å². The average Bonchev–Trinajstić information content (AvgIpc) is 3.56. The van der Waals surface area contributed by atoms with E-state index in [9.17, 15) is 4.79 Å². The maximum absolute atomic E-state index is 12.6. The zero-order valence-electron chi connectivity index (χ0n) is 20.0. The number of para-hydroxylation sites is 1. The van der Waals surface area contributed by atoms with Crippen molar-refractivity contribution in [2.75, 3.05) is 39.4 Å². The number of hydrogen-bond donors (Lipinski definition) is 1. The van der Waals surface area contributed by atoms with E-state index in [0.29, 0.717) is 18.0 Å². The molecule has 4 heterocycles. The summed E-state index contributed by atoms with van der Waals surface area (Å²) in [6.07, 6.45) is 3.50. The Balaban J connectivity index is 1.26. The lowest BCUT2D eigenvalue weighted by atomic mass is 10.2. The van der Waals surface area contributed by atoms with Crippen molar-refractivity contribution < 1.29 is 9.53 Å². The third kappa shape index (κ3) is 5.81. The normalized spacial score (nSPS) is 14.1. The van der Waals surface area contributed by atoms with Gasteiger partial charge in [0.2, 0.25) is 0 Å². The molecular formula is C25H27N7O2S2. The Morgan fingerprint density at radius 2 is 1.94 bits per heavy atom. The summed E-state index contributed by atoms with van der Waals surface area (Å²) in [5.41, 5.74) is 3.55. The summed E-state index contributed by atoms with van der Waals surface area (Å²) in [5, 5.41) is 15.4. The summed E-state index contributed by atoms with van der Waals surface area (Å²) in [6.45, 7) is 6.80. The maximum Gasteiger partial charge on any atom is 0.270 e. The van der Waals surface area contributed by atoms with E-state index in [1.54, 1.807) is 24.2 Å². The number of pyridine rings is 1. The van der Waals surface area contributed by atoms with E-state index >= 15 is 0 Å². The van der Waals surface area contributed by atoms with Gasteiger partial charge in [0.05, 0.1) is 24.7 Å². The van der Waals surface area contributed by atoms with Crippen molar-refractivity contribution >= 4 is 29.0 Å². The van der Waals surface area contributed by atoms with E-state index in [2.05, 4.69) is 54.0 Å². The molecule has 1 saturated heterocycles. The number of carbonyl (C=O) groups is 1. The Labute approximate surface area is 217 Å². The van der Waals surface area contributed by atoms with Crippen LogP contribution >= 0.6 is 23.1 Å². The first kappa shape index (κ1) is 24.6. The van der Waals surface area contributed by atoms with Crippen molar-refractivity contribution in [2.45, 2.75) is 17.8 Å². The molecule has 0 unspecified atom stereocenters. The molecule has 0 bridgehead atoms. The number of aryl methyl sites for hydroxylation is 1. The minimum atomic E-state index is -0.140. The molecule has 1 N–H and O–H groups in total. The lowest BCUT2D eigenvalue weighted by Crippen LogP contribution is -2.41. The minimum Gasteiger partial charge on any atom is -0.379 e. The van der Waals surface area contributed by atoms with Crippen LogP contribution in [0.25, 0.3) is 17.1 Å². The fraction of sp³-hybridized carbons (Fsp3) is 0.320. The predicted octanol–water partition coefficient (Wildman–Crippen LogP) is 3.45. The molecule has 1 aromatic carbocycles. The van der Waals surface area contributed by atoms with Crippen LogP contribution in [0, 0.1) is 6.92 Å². The van der Waals surface area contributed by atoms with Crippen LogP contribution in [0.3, 0.4) is 0 Å². The van der Waals surface area contributed by atoms with Crippen molar-refractivity contribution in [2.24, 2.45) is 0 Å². The number of carbonyl (C=O) groups excluding carboxylic acids is 1. The number of ether oxygens (including phenoxy) is 1. The topological polar surface area (TPSA) is 98.1 Å². The second kappa shape index (κ2) is 11.7. The third-order valence-corrected chi connectivity index (χ3v) is 7.83. The van der Waals surface area contributed by atoms with Gasteiger partial charge in [-0.05, 0) is 30.7 Å². The molecule has 9 nitrogen and oxygen atoms in total. The largest absolute Gasteiger partial charge is 0.379 e. The average molecular weight is 522 g/mol. The standard InChI is InChI=1S/C25H27N7O2S2/c1-18-4-2-3-5-21(18)32-23(19-6-8-26-9-7-19)29-30-25(32)36-17-22-28-20(16-35-22)24(33)27-10-11-31-12-14-34-15-13-31/h2-9,16H,10-15,17H2,1H3,(H,27,33). The Morgan fingerprint density at radius 1 is 1.14 bits per heavy atom. The Bertz CT molecular complexity index is 1300. The number of morpholine rings is 1. The summed E-state index contributed by atoms with van der Waals surface area (Å²) < 4.78 is 7.44. The van der Waals surface area contributed by atoms with E-state index in [0.717, 1.165) is 65.7 Å². The quantitative estimate of drug-likeness (QED) is 0.335. The van der Waals surface area contributed by atoms with Gasteiger partial charge in [0.25, 0.3) is 5.91 Å². The van der Waals surface area contributed by atoms with E-state index in [-0.39, 0.29) is 5.91 Å². The lowest BCUT2D eigenvalue weighted by Gasteiger charge is -2.26. The number of rotatable bonds is 9. The van der Waals surface area contributed by atoms with E-state index in [1.165, 1.54) is 11.3 Å². The van der Waals surface area contributed by atoms with Gasteiger partial charge in [0.1, 0.15) is 10.7 Å². The second-order valence-corrected chi connectivity index (χ2v) is 10.2. The Hall–Kier alpha value is -3.12. The van der Waals surface area contributed by atoms with Gasteiger partial charge in [-0.25, -0.2) is 4.98 Å². The second-order valence-electron chi connectivity index (χ2n) is 8.29. The molecule has 1 aliphatic rings. The highest BCUT2D eigenvalue weighted by Crippen LogP contribution is 2.31. The van der Waals surface area contributed by atoms with Gasteiger partial charge < -0.3 is 10.1 Å². The lowest BCUT2D eigenvalue weighted by molar-refractivity contribution is 0.0383. The number of nitrogens with zero attached hydrogens (tertiary/aromatic N) is 6. The maximum atomic E-state index is 12.6. The Kier molecular flexibility index (Phi) is 8.01. The van der Waals surface area contributed by atoms with Crippen LogP contribution < -0.4 is 5.32 Å². The number of amides is 1. The van der Waals surface area contributed by atoms with Gasteiger partial charge in [-0.1, -0.05) is 30.0 Å². The summed E-state index contributed by atoms with van der Waals surface area (Å²) in [4.78, 5) is 23.5. The highest BCUT2D eigenvalue weighted by atomic mass is 32.2. The molecule has 1 fully saturated rings. The van der Waals surface area contributed by atoms with E-state index < -0.39 is 0 Å². The number of benzene rings is 1. The fourth-order valence-corrected chi connectivity index (χ4v) is 5.67. The summed E-state index contributed by atoms with van der Waals surface area (Å²) in [7, 11) is 0. The SMILES string of the molecule is Cc1ccccc1-n1c(SCc2nc(C(=O)NCCN3CCOCC3)cs2)nnc1-c1ccncc1. The van der Waals surface area contributed by atoms with Gasteiger partial charge in [-0.2, -0.15) is 0 Å². The first-order valence-electron chi connectivity index (χ1n) is 11.8. The summed E-state index contributed by atoms with van der Waals surface area (Å²) in [6, 6.07) is 12.0. The highest BCUT2D eigenvalue weighted by Gasteiger charge is 2.19. The van der Waals surface area contributed by atoms with E-state index in [4.69, 9.17) is 4.74 Å². The molecule has 11 heteroatoms. The zero-order chi connectivity index (χ0) is 24.7. The molecule has 0 aliphatic carbocycles. The molecular weight excluding hydrogens is 494 g/mol. The van der Waals surface area contributed by atoms with Crippen molar-refractivity contribution in [3.05, 3.63) is 70.4 Å². The van der Waals surface area contributed by atoms with Gasteiger partial charge >= 0.3 is 0 Å². The minimum absolute atomic E-state index is 0.140. The molecule has 5 rings (SSSR count). The van der Waals surface area contributed by atoms with Crippen LogP contribution in [-0.2, 0) is 10.5 Å². The molecule has 3 aromatic heterocycles. The zero-order valence-corrected chi connectivity index (χ0v) is 21.6. The van der Waals surface area contributed by atoms with Crippen LogP contribution in [0.15, 0.2) is 59.3 Å². The van der Waals surface area contributed by atoms with Crippen LogP contribution in [0.5, 0.6) is 0 Å². The van der Waals surface area contributed by atoms with E-state index in [1.807, 2.05) is 29.6 Å². The van der Waals surface area contributed by atoms with Crippen LogP contribution in [0.2, 0.25) is 0 Å². The first-order valence-corrected chi connectivity index (χ1v) is 13.6. The number of thiazole rings is 1. The number of aromatic nitrogens is 5. The Morgan fingerprint density at radius 3 is 2.75 bits per heavy atom. The van der Waals surface area contributed by atoms with Gasteiger partial charge in [-0.15, -0.1) is 21.5 Å². The molecule has 186 valence electrons. The number of thioether (sulfide) groups is 1. The first-order chi connectivity index (χ1) is 17.7. The number of nitrogens with one attached hydrogen (secondary N) is 1. The molecule has 4 aromatic rings. The fourth-order valence-electron chi connectivity index (χ4n) is 3.93.